The van der Waals surface area contributed by atoms with E-state index in [1.54, 1.807) is 22.7 Å². The maximum atomic E-state index is 4.50. The van der Waals surface area contributed by atoms with Crippen LogP contribution in [-0.2, 0) is 0 Å². The highest BCUT2D eigenvalue weighted by Gasteiger charge is 2.04. The molecule has 2 nitrogen and oxygen atoms in total. The molecule has 2 aromatic heterocycles. The van der Waals surface area contributed by atoms with Gasteiger partial charge in [0.15, 0.2) is 5.13 Å². The van der Waals surface area contributed by atoms with Gasteiger partial charge >= 0.3 is 0 Å². The third-order valence-electron chi connectivity index (χ3n) is 1.86. The van der Waals surface area contributed by atoms with Crippen molar-refractivity contribution in [2.75, 3.05) is 11.9 Å². The molecule has 1 N–H and O–H groups in total. The van der Waals surface area contributed by atoms with Crippen LogP contribution in [0.4, 0.5) is 5.13 Å². The lowest BCUT2D eigenvalue weighted by molar-refractivity contribution is 1.19. The summed E-state index contributed by atoms with van der Waals surface area (Å²) in [7, 11) is 0. The van der Waals surface area contributed by atoms with Gasteiger partial charge in [0.1, 0.15) is 0 Å². The smallest absolute Gasteiger partial charge is 0.183 e. The molecule has 0 fully saturated rings. The Hall–Kier alpha value is -0.870. The first-order valence-corrected chi connectivity index (χ1v) is 6.30. The predicted molar refractivity (Wildman–Crippen MR) is 64.3 cm³/mol. The van der Waals surface area contributed by atoms with Crippen molar-refractivity contribution in [2.24, 2.45) is 0 Å². The molecule has 2 rings (SSSR count). The average molecular weight is 224 g/mol. The van der Waals surface area contributed by atoms with Crippen molar-refractivity contribution in [1.82, 2.24) is 4.98 Å². The summed E-state index contributed by atoms with van der Waals surface area (Å²) < 4.78 is 0. The van der Waals surface area contributed by atoms with Gasteiger partial charge in [-0.2, -0.15) is 0 Å². The van der Waals surface area contributed by atoms with Crippen LogP contribution < -0.4 is 5.32 Å². The van der Waals surface area contributed by atoms with E-state index in [1.165, 1.54) is 10.4 Å². The largest absolute Gasteiger partial charge is 0.362 e. The zero-order valence-electron chi connectivity index (χ0n) is 8.20. The lowest BCUT2D eigenvalue weighted by Crippen LogP contribution is -1.94. The molecule has 74 valence electrons. The molecule has 0 bridgehead atoms. The molecule has 4 heteroatoms. The summed E-state index contributed by atoms with van der Waals surface area (Å²) in [6.07, 6.45) is 0. The maximum Gasteiger partial charge on any atom is 0.183 e. The van der Waals surface area contributed by atoms with Crippen LogP contribution in [0.15, 0.2) is 16.8 Å². The van der Waals surface area contributed by atoms with Crippen LogP contribution in [0.25, 0.3) is 11.3 Å². The monoisotopic (exact) mass is 224 g/mol. The van der Waals surface area contributed by atoms with Gasteiger partial charge < -0.3 is 5.32 Å². The second kappa shape index (κ2) is 4.11. The normalized spacial score (nSPS) is 10.4. The highest BCUT2D eigenvalue weighted by atomic mass is 32.1. The third-order valence-corrected chi connectivity index (χ3v) is 3.52. The number of rotatable bonds is 3. The van der Waals surface area contributed by atoms with Crippen LogP contribution in [0.5, 0.6) is 0 Å². The summed E-state index contributed by atoms with van der Waals surface area (Å²) in [4.78, 5) is 5.83. The van der Waals surface area contributed by atoms with Crippen molar-refractivity contribution in [2.45, 2.75) is 13.8 Å². The Bertz CT molecular complexity index is 417. The molecule has 0 saturated heterocycles. The number of hydrogen-bond acceptors (Lipinski definition) is 4. The molecule has 0 aromatic carbocycles. The fourth-order valence-electron chi connectivity index (χ4n) is 1.22. The number of aryl methyl sites for hydroxylation is 1. The van der Waals surface area contributed by atoms with Gasteiger partial charge in [0.25, 0.3) is 0 Å². The van der Waals surface area contributed by atoms with Crippen molar-refractivity contribution >= 4 is 27.8 Å². The number of nitrogens with one attached hydrogen (secondary N) is 1. The second-order valence-electron chi connectivity index (χ2n) is 3.01. The van der Waals surface area contributed by atoms with Crippen molar-refractivity contribution in [1.29, 1.82) is 0 Å². The zero-order valence-corrected chi connectivity index (χ0v) is 9.84. The van der Waals surface area contributed by atoms with Crippen LogP contribution in [0.1, 0.15) is 11.8 Å². The third kappa shape index (κ3) is 1.96. The minimum Gasteiger partial charge on any atom is -0.362 e. The Morgan fingerprint density at radius 3 is 2.86 bits per heavy atom. The molecule has 0 spiro atoms. The van der Waals surface area contributed by atoms with E-state index in [0.717, 1.165) is 17.4 Å². The van der Waals surface area contributed by atoms with Gasteiger partial charge in [-0.3, -0.25) is 0 Å². The number of thiophene rings is 1. The number of nitrogens with zero attached hydrogens (tertiary/aromatic N) is 1. The minimum absolute atomic E-state index is 0.926. The summed E-state index contributed by atoms with van der Waals surface area (Å²) in [6.45, 7) is 5.12. The standard InChI is InChI=1S/C10H12N2S2/c1-3-11-10-12-9(6-14-10)8-4-7(2)13-5-8/h4-6H,3H2,1-2H3,(H,11,12). The van der Waals surface area contributed by atoms with Gasteiger partial charge in [-0.15, -0.1) is 22.7 Å². The van der Waals surface area contributed by atoms with Crippen molar-refractivity contribution in [3.8, 4) is 11.3 Å². The Morgan fingerprint density at radius 2 is 2.21 bits per heavy atom. The molecule has 0 aliphatic rings. The van der Waals surface area contributed by atoms with E-state index in [2.05, 4.69) is 41.0 Å². The van der Waals surface area contributed by atoms with Gasteiger partial charge in [-0.25, -0.2) is 4.98 Å². The van der Waals surface area contributed by atoms with Crippen LogP contribution in [0.2, 0.25) is 0 Å². The summed E-state index contributed by atoms with van der Waals surface area (Å²) in [6, 6.07) is 2.18. The lowest BCUT2D eigenvalue weighted by Gasteiger charge is -1.93. The second-order valence-corrected chi connectivity index (χ2v) is 4.99. The Kier molecular flexibility index (Phi) is 2.84. The predicted octanol–water partition coefficient (Wildman–Crippen LogP) is 3.61. The van der Waals surface area contributed by atoms with E-state index in [9.17, 15) is 0 Å². The molecule has 2 heterocycles. The minimum atomic E-state index is 0.926. The van der Waals surface area contributed by atoms with Crippen LogP contribution in [0.3, 0.4) is 0 Å². The van der Waals surface area contributed by atoms with E-state index in [1.807, 2.05) is 0 Å². The van der Waals surface area contributed by atoms with E-state index in [0.29, 0.717) is 0 Å². The fourth-order valence-corrected chi connectivity index (χ4v) is 2.70. The first-order valence-electron chi connectivity index (χ1n) is 4.54. The highest BCUT2D eigenvalue weighted by Crippen LogP contribution is 2.28. The average Bonchev–Trinajstić information content (AvgIpc) is 2.74. The SMILES string of the molecule is CCNc1nc(-c2csc(C)c2)cs1. The van der Waals surface area contributed by atoms with E-state index < -0.39 is 0 Å². The number of thiazole rings is 1. The Morgan fingerprint density at radius 1 is 1.36 bits per heavy atom. The summed E-state index contributed by atoms with van der Waals surface area (Å²) >= 11 is 3.43. The molecule has 0 saturated carbocycles. The molecule has 0 aliphatic heterocycles. The molecular weight excluding hydrogens is 212 g/mol. The first-order chi connectivity index (χ1) is 6.79. The zero-order chi connectivity index (χ0) is 9.97. The summed E-state index contributed by atoms with van der Waals surface area (Å²) in [5.41, 5.74) is 2.31. The van der Waals surface area contributed by atoms with Gasteiger partial charge in [-0.05, 0) is 19.9 Å². The topological polar surface area (TPSA) is 24.9 Å². The quantitative estimate of drug-likeness (QED) is 0.861. The van der Waals surface area contributed by atoms with Gasteiger partial charge in [0.2, 0.25) is 0 Å². The van der Waals surface area contributed by atoms with Crippen LogP contribution in [-0.4, -0.2) is 11.5 Å². The highest BCUT2D eigenvalue weighted by molar-refractivity contribution is 7.14. The van der Waals surface area contributed by atoms with Crippen molar-refractivity contribution < 1.29 is 0 Å². The van der Waals surface area contributed by atoms with Gasteiger partial charge in [0.05, 0.1) is 5.69 Å². The van der Waals surface area contributed by atoms with Crippen molar-refractivity contribution in [3.63, 3.8) is 0 Å². The van der Waals surface area contributed by atoms with Gasteiger partial charge in [0, 0.05) is 27.7 Å². The molecular formula is C10H12N2S2. The molecule has 0 unspecified atom stereocenters. The summed E-state index contributed by atoms with van der Waals surface area (Å²) in [5, 5.41) is 8.47. The molecule has 14 heavy (non-hydrogen) atoms. The fraction of sp³-hybridized carbons (Fsp3) is 0.300. The maximum absolute atomic E-state index is 4.50. The van der Waals surface area contributed by atoms with E-state index in [4.69, 9.17) is 0 Å². The number of aromatic nitrogens is 1. The lowest BCUT2D eigenvalue weighted by atomic mass is 10.2. The number of anilines is 1. The molecule has 0 radical (unpaired) electrons. The molecule has 0 amide bonds. The molecule has 0 aliphatic carbocycles. The Balaban J connectivity index is 2.24. The van der Waals surface area contributed by atoms with E-state index in [-0.39, 0.29) is 0 Å². The summed E-state index contributed by atoms with van der Waals surface area (Å²) in [5.74, 6) is 0. The van der Waals surface area contributed by atoms with E-state index >= 15 is 0 Å². The molecule has 2 aromatic rings. The Labute approximate surface area is 91.6 Å². The van der Waals surface area contributed by atoms with Crippen molar-refractivity contribution in [3.05, 3.63) is 21.7 Å². The molecule has 0 atom stereocenters. The first kappa shape index (κ1) is 9.68. The number of hydrogen-bond donors (Lipinski definition) is 1. The van der Waals surface area contributed by atoms with Crippen LogP contribution in [0, 0.1) is 6.92 Å². The van der Waals surface area contributed by atoms with Crippen LogP contribution >= 0.6 is 22.7 Å². The van der Waals surface area contributed by atoms with Gasteiger partial charge in [-0.1, -0.05) is 0 Å².